The van der Waals surface area contributed by atoms with Crippen LogP contribution in [0.4, 0.5) is 0 Å². The van der Waals surface area contributed by atoms with Crippen LogP contribution in [0.1, 0.15) is 174 Å². The molecule has 0 aliphatic carbocycles. The van der Waals surface area contributed by atoms with E-state index < -0.39 is 0 Å². The lowest BCUT2D eigenvalue weighted by Gasteiger charge is -2.28. The third kappa shape index (κ3) is 26.7. The molecule has 0 rings (SSSR count). The molecule has 0 spiro atoms. The van der Waals surface area contributed by atoms with E-state index in [-0.39, 0.29) is 5.92 Å². The molecule has 3 heteroatoms. The summed E-state index contributed by atoms with van der Waals surface area (Å²) in [5, 5.41) is 0. The standard InChI is InChI=1S/C34H68NO2/c1-6-8-10-12-14-16-18-20-22-24-26-28-33(36)30-32(31-35(3,4)5)34(37)29-27-25-23-21-19-17-15-13-11-9-7-2/h32H,6-31H2,1-5H3/q+1. The summed E-state index contributed by atoms with van der Waals surface area (Å²) in [5.74, 6) is 0.543. The van der Waals surface area contributed by atoms with Crippen molar-refractivity contribution in [3.63, 3.8) is 0 Å². The fourth-order valence-corrected chi connectivity index (χ4v) is 5.47. The molecule has 37 heavy (non-hydrogen) atoms. The first-order valence-electron chi connectivity index (χ1n) is 16.6. The lowest BCUT2D eigenvalue weighted by molar-refractivity contribution is -0.872. The predicted octanol–water partition coefficient (Wildman–Crippen LogP) is 10.2. The van der Waals surface area contributed by atoms with Gasteiger partial charge in [-0.15, -0.1) is 0 Å². The van der Waals surface area contributed by atoms with E-state index in [4.69, 9.17) is 0 Å². The number of quaternary nitrogens is 1. The monoisotopic (exact) mass is 523 g/mol. The maximum atomic E-state index is 13.0. The minimum atomic E-state index is -0.0941. The van der Waals surface area contributed by atoms with Crippen LogP contribution in [0.3, 0.4) is 0 Å². The maximum absolute atomic E-state index is 13.0. The SMILES string of the molecule is CCCCCCCCCCCCCC(=O)CC(C[N+](C)(C)C)C(=O)CCCCCCCCCCCCC. The number of carbonyl (C=O) groups excluding carboxylic acids is 2. The van der Waals surface area contributed by atoms with E-state index in [0.717, 1.165) is 36.7 Å². The molecule has 0 heterocycles. The normalized spacial score (nSPS) is 12.7. The second-order valence-electron chi connectivity index (χ2n) is 13.0. The molecule has 3 nitrogen and oxygen atoms in total. The van der Waals surface area contributed by atoms with Gasteiger partial charge in [0.25, 0.3) is 0 Å². The van der Waals surface area contributed by atoms with Gasteiger partial charge in [0.05, 0.1) is 33.6 Å². The highest BCUT2D eigenvalue weighted by Gasteiger charge is 2.27. The van der Waals surface area contributed by atoms with E-state index in [1.54, 1.807) is 0 Å². The zero-order chi connectivity index (χ0) is 27.6. The Bertz CT molecular complexity index is 522. The van der Waals surface area contributed by atoms with Gasteiger partial charge in [0.15, 0.2) is 0 Å². The van der Waals surface area contributed by atoms with E-state index in [1.165, 1.54) is 116 Å². The number of hydrogen-bond donors (Lipinski definition) is 0. The molecule has 0 aliphatic rings. The first kappa shape index (κ1) is 36.3. The number of Topliss-reactive ketones (excluding diaryl/α,β-unsaturated/α-hetero) is 2. The summed E-state index contributed by atoms with van der Waals surface area (Å²) in [6.45, 7) is 5.32. The molecular formula is C34H68NO2+. The Morgan fingerprint density at radius 2 is 0.811 bits per heavy atom. The second kappa shape index (κ2) is 25.6. The zero-order valence-electron chi connectivity index (χ0n) is 26.2. The van der Waals surface area contributed by atoms with E-state index in [9.17, 15) is 9.59 Å². The van der Waals surface area contributed by atoms with Crippen molar-refractivity contribution in [2.75, 3.05) is 27.7 Å². The molecule has 0 fully saturated rings. The summed E-state index contributed by atoms with van der Waals surface area (Å²) >= 11 is 0. The van der Waals surface area contributed by atoms with Crippen molar-refractivity contribution in [3.8, 4) is 0 Å². The van der Waals surface area contributed by atoms with Crippen LogP contribution in [0.5, 0.6) is 0 Å². The van der Waals surface area contributed by atoms with E-state index in [2.05, 4.69) is 35.0 Å². The second-order valence-corrected chi connectivity index (χ2v) is 13.0. The number of carbonyl (C=O) groups is 2. The maximum Gasteiger partial charge on any atom is 0.142 e. The van der Waals surface area contributed by atoms with Crippen molar-refractivity contribution in [2.24, 2.45) is 5.92 Å². The summed E-state index contributed by atoms with van der Waals surface area (Å²) < 4.78 is 0.750. The fraction of sp³-hybridized carbons (Fsp3) is 0.941. The highest BCUT2D eigenvalue weighted by atomic mass is 16.1. The third-order valence-corrected chi connectivity index (χ3v) is 7.78. The van der Waals surface area contributed by atoms with Gasteiger partial charge in [-0.1, -0.05) is 142 Å². The summed E-state index contributed by atoms with van der Waals surface area (Å²) in [5.41, 5.74) is 0. The molecule has 1 atom stereocenters. The Hall–Kier alpha value is -0.700. The molecule has 0 aliphatic heterocycles. The molecule has 1 unspecified atom stereocenters. The summed E-state index contributed by atoms with van der Waals surface area (Å²) in [6.07, 6.45) is 30.4. The number of hydrogen-bond acceptors (Lipinski definition) is 2. The quantitative estimate of drug-likeness (QED) is 0.0723. The average molecular weight is 523 g/mol. The van der Waals surface area contributed by atoms with Gasteiger partial charge in [-0.05, 0) is 12.8 Å². The van der Waals surface area contributed by atoms with Gasteiger partial charge in [-0.2, -0.15) is 0 Å². The van der Waals surface area contributed by atoms with Gasteiger partial charge in [0, 0.05) is 19.3 Å². The Morgan fingerprint density at radius 1 is 0.486 bits per heavy atom. The smallest absolute Gasteiger partial charge is 0.142 e. The summed E-state index contributed by atoms with van der Waals surface area (Å²) in [6, 6.07) is 0. The molecule has 220 valence electrons. The van der Waals surface area contributed by atoms with Gasteiger partial charge >= 0.3 is 0 Å². The van der Waals surface area contributed by atoms with Crippen LogP contribution in [-0.4, -0.2) is 43.7 Å². The van der Waals surface area contributed by atoms with Gasteiger partial charge in [-0.25, -0.2) is 0 Å². The van der Waals surface area contributed by atoms with Crippen molar-refractivity contribution in [1.82, 2.24) is 0 Å². The van der Waals surface area contributed by atoms with E-state index in [1.807, 2.05) is 0 Å². The summed E-state index contributed by atoms with van der Waals surface area (Å²) in [4.78, 5) is 25.7. The predicted molar refractivity (Wildman–Crippen MR) is 163 cm³/mol. The average Bonchev–Trinajstić information content (AvgIpc) is 2.84. The lowest BCUT2D eigenvalue weighted by atomic mass is 9.91. The topological polar surface area (TPSA) is 34.1 Å². The van der Waals surface area contributed by atoms with Gasteiger partial charge < -0.3 is 4.48 Å². The first-order valence-corrected chi connectivity index (χ1v) is 16.6. The van der Waals surface area contributed by atoms with Gasteiger partial charge in [0.1, 0.15) is 11.6 Å². The number of ketones is 2. The van der Waals surface area contributed by atoms with Crippen LogP contribution in [-0.2, 0) is 9.59 Å². The third-order valence-electron chi connectivity index (χ3n) is 7.78. The molecule has 0 amide bonds. The molecule has 0 saturated carbocycles. The minimum absolute atomic E-state index is 0.0941. The highest BCUT2D eigenvalue weighted by Crippen LogP contribution is 2.19. The lowest BCUT2D eigenvalue weighted by Crippen LogP contribution is -2.42. The van der Waals surface area contributed by atoms with Crippen LogP contribution < -0.4 is 0 Å². The van der Waals surface area contributed by atoms with Crippen molar-refractivity contribution < 1.29 is 14.1 Å². The van der Waals surface area contributed by atoms with Gasteiger partial charge in [0.2, 0.25) is 0 Å². The molecule has 0 aromatic carbocycles. The Labute approximate surface area is 233 Å². The molecule has 0 aromatic rings. The minimum Gasteiger partial charge on any atom is -0.330 e. The molecule has 0 saturated heterocycles. The molecule has 0 radical (unpaired) electrons. The Balaban J connectivity index is 3.99. The van der Waals surface area contributed by atoms with Crippen LogP contribution in [0, 0.1) is 5.92 Å². The highest BCUT2D eigenvalue weighted by molar-refractivity contribution is 5.88. The van der Waals surface area contributed by atoms with Crippen LogP contribution in [0.15, 0.2) is 0 Å². The van der Waals surface area contributed by atoms with Gasteiger partial charge in [-0.3, -0.25) is 9.59 Å². The Kier molecular flexibility index (Phi) is 25.1. The number of nitrogens with zero attached hydrogens (tertiary/aromatic N) is 1. The van der Waals surface area contributed by atoms with E-state index >= 15 is 0 Å². The van der Waals surface area contributed by atoms with Crippen molar-refractivity contribution in [1.29, 1.82) is 0 Å². The van der Waals surface area contributed by atoms with Crippen molar-refractivity contribution >= 4 is 11.6 Å². The van der Waals surface area contributed by atoms with Crippen molar-refractivity contribution in [3.05, 3.63) is 0 Å². The fourth-order valence-electron chi connectivity index (χ4n) is 5.47. The zero-order valence-corrected chi connectivity index (χ0v) is 26.2. The molecule has 0 aromatic heterocycles. The molecular weight excluding hydrogens is 454 g/mol. The first-order chi connectivity index (χ1) is 17.8. The van der Waals surface area contributed by atoms with Crippen LogP contribution >= 0.6 is 0 Å². The largest absolute Gasteiger partial charge is 0.330 e. The summed E-state index contributed by atoms with van der Waals surface area (Å²) in [7, 11) is 6.41. The van der Waals surface area contributed by atoms with Crippen molar-refractivity contribution in [2.45, 2.75) is 174 Å². The Morgan fingerprint density at radius 3 is 1.16 bits per heavy atom. The van der Waals surface area contributed by atoms with Crippen LogP contribution in [0.2, 0.25) is 0 Å². The number of unbranched alkanes of at least 4 members (excludes halogenated alkanes) is 20. The number of rotatable bonds is 29. The van der Waals surface area contributed by atoms with Crippen LogP contribution in [0.25, 0.3) is 0 Å². The van der Waals surface area contributed by atoms with E-state index in [0.29, 0.717) is 30.8 Å². The molecule has 0 N–H and O–H groups in total. The molecule has 0 bridgehead atoms.